The van der Waals surface area contributed by atoms with Gasteiger partial charge in [-0.05, 0) is 86.8 Å². The number of hydrogen-bond acceptors (Lipinski definition) is 5. The minimum absolute atomic E-state index is 0.140. The highest BCUT2D eigenvalue weighted by molar-refractivity contribution is 7.13. The molecule has 3 rings (SSSR count). The van der Waals surface area contributed by atoms with Crippen LogP contribution in [0.4, 0.5) is 0 Å². The Labute approximate surface area is 178 Å². The van der Waals surface area contributed by atoms with Crippen LogP contribution in [-0.4, -0.2) is 30.1 Å². The Kier molecular flexibility index (Phi) is 7.69. The van der Waals surface area contributed by atoms with Gasteiger partial charge in [0.25, 0.3) is 0 Å². The molecule has 1 aromatic heterocycles. The predicted octanol–water partition coefficient (Wildman–Crippen LogP) is 5.48. The molecular weight excluding hydrogens is 384 g/mol. The lowest BCUT2D eigenvalue weighted by atomic mass is 9.62. The minimum Gasteiger partial charge on any atom is -0.465 e. The minimum atomic E-state index is -0.276. The van der Waals surface area contributed by atoms with E-state index in [-0.39, 0.29) is 17.5 Å². The molecule has 0 saturated heterocycles. The first-order chi connectivity index (χ1) is 14.0. The van der Waals surface area contributed by atoms with E-state index in [1.165, 1.54) is 29.7 Å². The van der Waals surface area contributed by atoms with Crippen LogP contribution in [0.3, 0.4) is 0 Å². The molecule has 2 atom stereocenters. The second-order valence-corrected chi connectivity index (χ2v) is 9.80. The average molecular weight is 419 g/mol. The van der Waals surface area contributed by atoms with Gasteiger partial charge in [0.15, 0.2) is 5.78 Å². The van der Waals surface area contributed by atoms with Gasteiger partial charge < -0.3 is 9.84 Å². The fourth-order valence-electron chi connectivity index (χ4n) is 4.91. The molecule has 0 radical (unpaired) electrons. The Balaban J connectivity index is 1.47. The van der Waals surface area contributed by atoms with Crippen LogP contribution in [0.15, 0.2) is 23.8 Å². The zero-order chi connectivity index (χ0) is 20.9. The standard InChI is InChI=1S/C24H34O4S/c1-3-24(15-6-16-24)22(26)10-5-9-19-17(11-13-20(19)25)7-4-8-18-12-14-21(29-18)23(27)28-2/h9,12,14,17,22,26H,3-8,10-11,13,15-16H2,1-2H3/t17-,22?/m0/s1. The van der Waals surface area contributed by atoms with Gasteiger partial charge in [-0.1, -0.05) is 19.4 Å². The Hall–Kier alpha value is -1.46. The van der Waals surface area contributed by atoms with Crippen molar-refractivity contribution in [2.24, 2.45) is 11.3 Å². The van der Waals surface area contributed by atoms with Gasteiger partial charge in [0.05, 0.1) is 13.2 Å². The summed E-state index contributed by atoms with van der Waals surface area (Å²) in [7, 11) is 1.40. The van der Waals surface area contributed by atoms with Crippen molar-refractivity contribution in [3.8, 4) is 0 Å². The van der Waals surface area contributed by atoms with Gasteiger partial charge in [-0.25, -0.2) is 4.79 Å². The van der Waals surface area contributed by atoms with Crippen molar-refractivity contribution in [3.63, 3.8) is 0 Å². The molecule has 1 N–H and O–H groups in total. The average Bonchev–Trinajstić information content (AvgIpc) is 3.29. The number of aryl methyl sites for hydroxylation is 1. The van der Waals surface area contributed by atoms with E-state index in [0.29, 0.717) is 23.0 Å². The van der Waals surface area contributed by atoms with Crippen LogP contribution < -0.4 is 0 Å². The Morgan fingerprint density at radius 3 is 2.86 bits per heavy atom. The quantitative estimate of drug-likeness (QED) is 0.403. The molecule has 2 fully saturated rings. The summed E-state index contributed by atoms with van der Waals surface area (Å²) in [6, 6.07) is 3.83. The summed E-state index contributed by atoms with van der Waals surface area (Å²) < 4.78 is 4.76. The summed E-state index contributed by atoms with van der Waals surface area (Å²) in [5, 5.41) is 10.6. The van der Waals surface area contributed by atoms with E-state index in [2.05, 4.69) is 13.0 Å². The fraction of sp³-hybridized carbons (Fsp3) is 0.667. The third-order valence-corrected chi connectivity index (χ3v) is 8.20. The highest BCUT2D eigenvalue weighted by Gasteiger charge is 2.41. The van der Waals surface area contributed by atoms with Crippen molar-refractivity contribution in [3.05, 3.63) is 33.5 Å². The topological polar surface area (TPSA) is 63.6 Å². The molecule has 0 bridgehead atoms. The molecule has 2 saturated carbocycles. The molecule has 2 aliphatic carbocycles. The summed E-state index contributed by atoms with van der Waals surface area (Å²) in [6.45, 7) is 2.18. The number of esters is 1. The van der Waals surface area contributed by atoms with Crippen molar-refractivity contribution in [1.29, 1.82) is 0 Å². The second kappa shape index (κ2) is 10.0. The number of ether oxygens (including phenoxy) is 1. The zero-order valence-electron chi connectivity index (χ0n) is 17.7. The molecule has 2 aliphatic rings. The smallest absolute Gasteiger partial charge is 0.348 e. The first-order valence-electron chi connectivity index (χ1n) is 11.1. The molecule has 0 amide bonds. The summed E-state index contributed by atoms with van der Waals surface area (Å²) in [4.78, 5) is 25.7. The Morgan fingerprint density at radius 1 is 1.41 bits per heavy atom. The predicted molar refractivity (Wildman–Crippen MR) is 116 cm³/mol. The maximum atomic E-state index is 12.3. The monoisotopic (exact) mass is 418 g/mol. The molecule has 4 nitrogen and oxygen atoms in total. The number of carbonyl (C=O) groups is 2. The maximum Gasteiger partial charge on any atom is 0.348 e. The van der Waals surface area contributed by atoms with Crippen molar-refractivity contribution >= 4 is 23.1 Å². The van der Waals surface area contributed by atoms with Crippen LogP contribution in [0, 0.1) is 11.3 Å². The molecular formula is C24H34O4S. The van der Waals surface area contributed by atoms with E-state index >= 15 is 0 Å². The molecule has 1 heterocycles. The van der Waals surface area contributed by atoms with E-state index in [9.17, 15) is 14.7 Å². The SMILES string of the molecule is CCC1(C(O)CCC=C2C(=O)CC[C@@H]2CCCc2ccc(C(=O)OC)s2)CCC1. The third-order valence-electron chi connectivity index (χ3n) is 7.07. The molecule has 0 spiro atoms. The normalized spacial score (nSPS) is 23.2. The van der Waals surface area contributed by atoms with E-state index in [1.54, 1.807) is 0 Å². The summed E-state index contributed by atoms with van der Waals surface area (Å²) in [5.74, 6) is 0.368. The number of Topliss-reactive ketones (excluding diaryl/α,β-unsaturated/α-hetero) is 1. The maximum absolute atomic E-state index is 12.3. The number of methoxy groups -OCH3 is 1. The number of carbonyl (C=O) groups excluding carboxylic acids is 2. The zero-order valence-corrected chi connectivity index (χ0v) is 18.6. The Bertz CT molecular complexity index is 738. The first-order valence-corrected chi connectivity index (χ1v) is 11.9. The number of aliphatic hydroxyl groups is 1. The van der Waals surface area contributed by atoms with Crippen molar-refractivity contribution in [2.45, 2.75) is 83.7 Å². The molecule has 29 heavy (non-hydrogen) atoms. The van der Waals surface area contributed by atoms with E-state index in [0.717, 1.165) is 63.4 Å². The van der Waals surface area contributed by atoms with E-state index in [1.807, 2.05) is 12.1 Å². The Morgan fingerprint density at radius 2 is 2.21 bits per heavy atom. The number of thiophene rings is 1. The summed E-state index contributed by atoms with van der Waals surface area (Å²) in [5.41, 5.74) is 1.14. The summed E-state index contributed by atoms with van der Waals surface area (Å²) in [6.07, 6.45) is 12.6. The molecule has 1 unspecified atom stereocenters. The van der Waals surface area contributed by atoms with Gasteiger partial charge in [-0.2, -0.15) is 0 Å². The number of hydrogen-bond donors (Lipinski definition) is 1. The van der Waals surface area contributed by atoms with Gasteiger partial charge in [0.2, 0.25) is 0 Å². The largest absolute Gasteiger partial charge is 0.465 e. The van der Waals surface area contributed by atoms with Gasteiger partial charge in [0.1, 0.15) is 4.88 Å². The van der Waals surface area contributed by atoms with Crippen LogP contribution in [0.1, 0.15) is 85.7 Å². The lowest BCUT2D eigenvalue weighted by Crippen LogP contribution is -2.40. The lowest BCUT2D eigenvalue weighted by molar-refractivity contribution is -0.114. The van der Waals surface area contributed by atoms with Crippen LogP contribution in [0.25, 0.3) is 0 Å². The van der Waals surface area contributed by atoms with Crippen molar-refractivity contribution in [1.82, 2.24) is 0 Å². The van der Waals surface area contributed by atoms with Gasteiger partial charge in [0, 0.05) is 11.3 Å². The number of aliphatic hydroxyl groups excluding tert-OH is 1. The highest BCUT2D eigenvalue weighted by Crippen LogP contribution is 2.48. The number of allylic oxidation sites excluding steroid dienone is 2. The van der Waals surface area contributed by atoms with Crippen molar-refractivity contribution < 1.29 is 19.4 Å². The first kappa shape index (κ1) is 22.2. The highest BCUT2D eigenvalue weighted by atomic mass is 32.1. The number of ketones is 1. The molecule has 0 aromatic carbocycles. The van der Waals surface area contributed by atoms with Crippen LogP contribution in [0.5, 0.6) is 0 Å². The second-order valence-electron chi connectivity index (χ2n) is 8.63. The van der Waals surface area contributed by atoms with Crippen LogP contribution in [-0.2, 0) is 16.0 Å². The third kappa shape index (κ3) is 5.18. The van der Waals surface area contributed by atoms with Crippen molar-refractivity contribution in [2.75, 3.05) is 7.11 Å². The van der Waals surface area contributed by atoms with Gasteiger partial charge >= 0.3 is 5.97 Å². The fourth-order valence-corrected chi connectivity index (χ4v) is 5.88. The number of rotatable bonds is 10. The van der Waals surface area contributed by atoms with E-state index < -0.39 is 0 Å². The molecule has 5 heteroatoms. The van der Waals surface area contributed by atoms with Crippen LogP contribution in [0.2, 0.25) is 0 Å². The molecule has 1 aromatic rings. The lowest BCUT2D eigenvalue weighted by Gasteiger charge is -2.45. The molecule has 160 valence electrons. The van der Waals surface area contributed by atoms with Gasteiger partial charge in [-0.15, -0.1) is 11.3 Å². The van der Waals surface area contributed by atoms with E-state index in [4.69, 9.17) is 4.74 Å². The van der Waals surface area contributed by atoms with Crippen LogP contribution >= 0.6 is 11.3 Å². The van der Waals surface area contributed by atoms with Gasteiger partial charge in [-0.3, -0.25) is 4.79 Å². The summed E-state index contributed by atoms with van der Waals surface area (Å²) >= 11 is 1.49. The molecule has 0 aliphatic heterocycles.